The van der Waals surface area contributed by atoms with Crippen molar-refractivity contribution in [1.29, 1.82) is 0 Å². The van der Waals surface area contributed by atoms with Crippen LogP contribution in [0.5, 0.6) is 0 Å². The SMILES string of the molecule is CNC(=O)C1CCCN1C(=O)[C@@H]1CCCN1C(=O)C(C(C)C)N(C)C(=O)C(C(C)C)N(N)C(=O)C(NC)C(C)C. The normalized spacial score (nSPS) is 21.5. The maximum absolute atomic E-state index is 14.0. The average Bonchev–Trinajstić information content (AvgIpc) is 3.57. The van der Waals surface area contributed by atoms with E-state index in [2.05, 4.69) is 10.6 Å². The molecule has 0 aromatic heterocycles. The molecule has 2 heterocycles. The Morgan fingerprint density at radius 3 is 1.77 bits per heavy atom. The molecule has 0 aliphatic carbocycles. The minimum atomic E-state index is -0.977. The molecule has 12 nitrogen and oxygen atoms in total. The van der Waals surface area contributed by atoms with Gasteiger partial charge in [-0.2, -0.15) is 0 Å². The smallest absolute Gasteiger partial charge is 0.254 e. The van der Waals surface area contributed by atoms with Crippen molar-refractivity contribution in [1.82, 2.24) is 30.3 Å². The van der Waals surface area contributed by atoms with Crippen molar-refractivity contribution in [3.63, 3.8) is 0 Å². The van der Waals surface area contributed by atoms with Crippen LogP contribution < -0.4 is 16.5 Å². The van der Waals surface area contributed by atoms with Gasteiger partial charge in [-0.05, 0) is 50.5 Å². The molecule has 0 aromatic carbocycles. The topological polar surface area (TPSA) is 148 Å². The van der Waals surface area contributed by atoms with Crippen LogP contribution in [0.4, 0.5) is 0 Å². The Morgan fingerprint density at radius 2 is 1.30 bits per heavy atom. The molecule has 40 heavy (non-hydrogen) atoms. The van der Waals surface area contributed by atoms with Crippen molar-refractivity contribution < 1.29 is 24.0 Å². The highest BCUT2D eigenvalue weighted by molar-refractivity contribution is 5.96. The maximum Gasteiger partial charge on any atom is 0.254 e. The van der Waals surface area contributed by atoms with Crippen molar-refractivity contribution in [2.75, 3.05) is 34.2 Å². The number of hydrogen-bond acceptors (Lipinski definition) is 7. The van der Waals surface area contributed by atoms with Crippen LogP contribution in [-0.4, -0.2) is 114 Å². The summed E-state index contributed by atoms with van der Waals surface area (Å²) in [7, 11) is 4.79. The second-order valence-electron chi connectivity index (χ2n) is 12.1. The Kier molecular flexibility index (Phi) is 11.9. The summed E-state index contributed by atoms with van der Waals surface area (Å²) < 4.78 is 0. The summed E-state index contributed by atoms with van der Waals surface area (Å²) in [6.45, 7) is 12.0. The van der Waals surface area contributed by atoms with E-state index >= 15 is 0 Å². The molecule has 5 amide bonds. The van der Waals surface area contributed by atoms with Gasteiger partial charge < -0.3 is 25.3 Å². The van der Waals surface area contributed by atoms with Crippen molar-refractivity contribution in [3.05, 3.63) is 0 Å². The van der Waals surface area contributed by atoms with Crippen LogP contribution in [0.2, 0.25) is 0 Å². The molecule has 0 spiro atoms. The third kappa shape index (κ3) is 6.94. The Labute approximate surface area is 239 Å². The predicted molar refractivity (Wildman–Crippen MR) is 152 cm³/mol. The minimum absolute atomic E-state index is 0.0440. The molecule has 5 atom stereocenters. The lowest BCUT2D eigenvalue weighted by Crippen LogP contribution is -2.63. The lowest BCUT2D eigenvalue weighted by atomic mass is 9.95. The van der Waals surface area contributed by atoms with Gasteiger partial charge >= 0.3 is 0 Å². The first-order valence-corrected chi connectivity index (χ1v) is 14.5. The number of nitrogens with one attached hydrogen (secondary N) is 2. The molecular formula is C28H51N7O5. The number of likely N-dealkylation sites (N-methyl/N-ethyl adjacent to an activating group) is 3. The maximum atomic E-state index is 14.0. The number of hydrazine groups is 1. The molecule has 4 unspecified atom stereocenters. The van der Waals surface area contributed by atoms with Gasteiger partial charge in [-0.3, -0.25) is 29.0 Å². The van der Waals surface area contributed by atoms with Gasteiger partial charge in [-0.25, -0.2) is 5.84 Å². The van der Waals surface area contributed by atoms with Crippen molar-refractivity contribution in [2.45, 2.75) is 97.4 Å². The van der Waals surface area contributed by atoms with Gasteiger partial charge in [0.1, 0.15) is 24.2 Å². The zero-order valence-corrected chi connectivity index (χ0v) is 25.8. The van der Waals surface area contributed by atoms with E-state index in [1.54, 1.807) is 30.9 Å². The molecular weight excluding hydrogens is 514 g/mol. The summed E-state index contributed by atoms with van der Waals surface area (Å²) >= 11 is 0. The fraction of sp³-hybridized carbons (Fsp3) is 0.821. The lowest BCUT2D eigenvalue weighted by Gasteiger charge is -2.40. The molecule has 0 aromatic rings. The van der Waals surface area contributed by atoms with Crippen molar-refractivity contribution in [2.24, 2.45) is 23.6 Å². The number of carbonyl (C=O) groups is 5. The highest BCUT2D eigenvalue weighted by Gasteiger charge is 2.46. The van der Waals surface area contributed by atoms with Crippen molar-refractivity contribution in [3.8, 4) is 0 Å². The lowest BCUT2D eigenvalue weighted by molar-refractivity contribution is -0.156. The highest BCUT2D eigenvalue weighted by atomic mass is 16.2. The van der Waals surface area contributed by atoms with Gasteiger partial charge in [0.2, 0.25) is 23.6 Å². The first-order chi connectivity index (χ1) is 18.7. The van der Waals surface area contributed by atoms with E-state index in [9.17, 15) is 24.0 Å². The third-order valence-electron chi connectivity index (χ3n) is 8.24. The number of amides is 5. The molecule has 2 aliphatic rings. The predicted octanol–water partition coefficient (Wildman–Crippen LogP) is 0.168. The molecule has 0 bridgehead atoms. The Balaban J connectivity index is 2.31. The fourth-order valence-corrected chi connectivity index (χ4v) is 6.13. The minimum Gasteiger partial charge on any atom is -0.357 e. The monoisotopic (exact) mass is 565 g/mol. The quantitative estimate of drug-likeness (QED) is 0.184. The molecule has 12 heteroatoms. The highest BCUT2D eigenvalue weighted by Crippen LogP contribution is 2.28. The average molecular weight is 566 g/mol. The summed E-state index contributed by atoms with van der Waals surface area (Å²) in [4.78, 5) is 71.6. The fourth-order valence-electron chi connectivity index (χ4n) is 6.13. The van der Waals surface area contributed by atoms with Gasteiger partial charge in [-0.1, -0.05) is 41.5 Å². The zero-order chi connectivity index (χ0) is 30.5. The van der Waals surface area contributed by atoms with Crippen LogP contribution in [0.1, 0.15) is 67.2 Å². The van der Waals surface area contributed by atoms with Gasteiger partial charge in [0.15, 0.2) is 0 Å². The molecule has 4 N–H and O–H groups in total. The molecule has 2 rings (SSSR count). The van der Waals surface area contributed by atoms with Crippen LogP contribution in [-0.2, 0) is 24.0 Å². The molecule has 2 aliphatic heterocycles. The van der Waals surface area contributed by atoms with E-state index in [1.807, 2.05) is 41.5 Å². The van der Waals surface area contributed by atoms with E-state index in [1.165, 1.54) is 4.90 Å². The third-order valence-corrected chi connectivity index (χ3v) is 8.24. The van der Waals surface area contributed by atoms with Crippen LogP contribution in [0.15, 0.2) is 0 Å². The summed E-state index contributed by atoms with van der Waals surface area (Å²) in [6.07, 6.45) is 2.48. The number of hydrogen-bond donors (Lipinski definition) is 3. The van der Waals surface area contributed by atoms with Crippen LogP contribution >= 0.6 is 0 Å². The number of nitrogens with two attached hydrogens (primary N) is 1. The summed E-state index contributed by atoms with van der Waals surface area (Å²) in [5.74, 6) is 4.10. The van der Waals surface area contributed by atoms with E-state index in [0.29, 0.717) is 32.4 Å². The van der Waals surface area contributed by atoms with Crippen LogP contribution in [0.25, 0.3) is 0 Å². The van der Waals surface area contributed by atoms with Gasteiger partial charge in [0.25, 0.3) is 5.91 Å². The first kappa shape index (κ1) is 33.5. The number of nitrogens with zero attached hydrogens (tertiary/aromatic N) is 4. The second kappa shape index (κ2) is 14.2. The molecule has 0 saturated carbocycles. The van der Waals surface area contributed by atoms with E-state index in [0.717, 1.165) is 11.4 Å². The van der Waals surface area contributed by atoms with Gasteiger partial charge in [0, 0.05) is 27.2 Å². The van der Waals surface area contributed by atoms with Crippen LogP contribution in [0, 0.1) is 17.8 Å². The number of likely N-dealkylation sites (tertiary alicyclic amines) is 2. The zero-order valence-electron chi connectivity index (χ0n) is 25.8. The Morgan fingerprint density at radius 1 is 0.775 bits per heavy atom. The molecule has 228 valence electrons. The summed E-state index contributed by atoms with van der Waals surface area (Å²) in [5, 5.41) is 6.61. The van der Waals surface area contributed by atoms with Crippen LogP contribution in [0.3, 0.4) is 0 Å². The summed E-state index contributed by atoms with van der Waals surface area (Å²) in [6, 6.07) is -3.61. The van der Waals surface area contributed by atoms with E-state index in [4.69, 9.17) is 5.84 Å². The largest absolute Gasteiger partial charge is 0.357 e. The van der Waals surface area contributed by atoms with Crippen molar-refractivity contribution >= 4 is 29.5 Å². The molecule has 0 radical (unpaired) electrons. The standard InChI is InChI=1S/C28H51N7O5/c1-16(2)21(30-7)26(38)35(29)23(18(5)6)27(39)32(9)22(17(3)4)28(40)34-15-11-13-20(34)25(37)33-14-10-12-19(33)24(36)31-8/h16-23,30H,10-15,29H2,1-9H3,(H,31,36)/t19?,20-,21?,22?,23?/m0/s1. The summed E-state index contributed by atoms with van der Waals surface area (Å²) in [5.41, 5.74) is 0. The van der Waals surface area contributed by atoms with Gasteiger partial charge in [-0.15, -0.1) is 0 Å². The molecule has 2 saturated heterocycles. The van der Waals surface area contributed by atoms with E-state index in [-0.39, 0.29) is 35.5 Å². The molecule has 2 fully saturated rings. The number of carbonyl (C=O) groups excluding carboxylic acids is 5. The van der Waals surface area contributed by atoms with Gasteiger partial charge in [0.05, 0.1) is 6.04 Å². The first-order valence-electron chi connectivity index (χ1n) is 14.5. The number of rotatable bonds is 11. The van der Waals surface area contributed by atoms with E-state index < -0.39 is 42.0 Å². The second-order valence-corrected chi connectivity index (χ2v) is 12.1. The Bertz CT molecular complexity index is 940. The Hall–Kier alpha value is -2.73.